The first kappa shape index (κ1) is 20.8. The van der Waals surface area contributed by atoms with Crippen molar-refractivity contribution in [2.24, 2.45) is 0 Å². The molecular formula is C22H13N3O6S2. The van der Waals surface area contributed by atoms with Crippen LogP contribution in [-0.2, 0) is 10.1 Å². The normalized spacial score (nSPS) is 12.4. The van der Waals surface area contributed by atoms with Crippen molar-refractivity contribution in [2.75, 3.05) is 0 Å². The summed E-state index contributed by atoms with van der Waals surface area (Å²) in [6.07, 6.45) is 1.69. The molecule has 3 aromatic carbocycles. The molecule has 0 saturated heterocycles. The number of fused-ring (bicyclic) bond motifs is 3. The molecule has 5 aromatic rings. The molecule has 5 rings (SSSR count). The van der Waals surface area contributed by atoms with Gasteiger partial charge in [0.25, 0.3) is 11.2 Å². The van der Waals surface area contributed by atoms with Crippen LogP contribution in [0.5, 0.6) is 5.75 Å². The van der Waals surface area contributed by atoms with Gasteiger partial charge in [0.2, 0.25) is 0 Å². The summed E-state index contributed by atoms with van der Waals surface area (Å²) in [5.41, 5.74) is 1.62. The van der Waals surface area contributed by atoms with Gasteiger partial charge in [-0.05, 0) is 42.0 Å². The Kier molecular flexibility index (Phi) is 4.91. The predicted octanol–water partition coefficient (Wildman–Crippen LogP) is 3.13. The van der Waals surface area contributed by atoms with E-state index < -0.39 is 15.0 Å². The summed E-state index contributed by atoms with van der Waals surface area (Å²) in [6.45, 7) is 0. The fraction of sp³-hybridized carbons (Fsp3) is 0. The maximum Gasteiger partial charge on any atom is 0.339 e. The Hall–Kier alpha value is -4.09. The van der Waals surface area contributed by atoms with E-state index in [1.807, 2.05) is 24.3 Å². The van der Waals surface area contributed by atoms with E-state index in [2.05, 4.69) is 4.98 Å². The maximum absolute atomic E-state index is 12.8. The second-order valence-electron chi connectivity index (χ2n) is 7.00. The van der Waals surface area contributed by atoms with Gasteiger partial charge in [-0.25, -0.2) is 9.38 Å². The molecule has 164 valence electrons. The Balaban J connectivity index is 1.44. The van der Waals surface area contributed by atoms with Crippen molar-refractivity contribution in [1.29, 1.82) is 0 Å². The monoisotopic (exact) mass is 479 g/mol. The zero-order chi connectivity index (χ0) is 23.2. The number of benzene rings is 3. The predicted molar refractivity (Wildman–Crippen MR) is 123 cm³/mol. The summed E-state index contributed by atoms with van der Waals surface area (Å²) in [5, 5.41) is 10.9. The van der Waals surface area contributed by atoms with Gasteiger partial charge >= 0.3 is 10.1 Å². The van der Waals surface area contributed by atoms with Gasteiger partial charge in [-0.15, -0.1) is 0 Å². The molecule has 0 atom stereocenters. The summed E-state index contributed by atoms with van der Waals surface area (Å²) in [5.74, 6) is 0.0352. The number of hydrogen-bond donors (Lipinski definition) is 0. The van der Waals surface area contributed by atoms with Crippen LogP contribution in [0.25, 0.3) is 22.1 Å². The minimum atomic E-state index is -4.25. The lowest BCUT2D eigenvalue weighted by Crippen LogP contribution is -2.22. The molecule has 2 aromatic heterocycles. The number of rotatable bonds is 5. The van der Waals surface area contributed by atoms with Crippen molar-refractivity contribution >= 4 is 49.2 Å². The summed E-state index contributed by atoms with van der Waals surface area (Å²) < 4.78 is 32.1. The van der Waals surface area contributed by atoms with E-state index in [4.69, 9.17) is 4.18 Å². The molecule has 2 heterocycles. The Morgan fingerprint density at radius 3 is 2.55 bits per heavy atom. The van der Waals surface area contributed by atoms with Crippen LogP contribution in [0.15, 0.2) is 82.5 Å². The molecule has 9 nitrogen and oxygen atoms in total. The van der Waals surface area contributed by atoms with Gasteiger partial charge < -0.3 is 4.18 Å². The van der Waals surface area contributed by atoms with Crippen molar-refractivity contribution in [3.63, 3.8) is 0 Å². The molecular weight excluding hydrogens is 466 g/mol. The molecule has 0 aliphatic heterocycles. The first-order valence-electron chi connectivity index (χ1n) is 9.52. The zero-order valence-corrected chi connectivity index (χ0v) is 18.2. The van der Waals surface area contributed by atoms with Crippen LogP contribution >= 0.6 is 11.3 Å². The van der Waals surface area contributed by atoms with Gasteiger partial charge in [0, 0.05) is 12.1 Å². The van der Waals surface area contributed by atoms with Crippen LogP contribution < -0.4 is 14.3 Å². The number of hydrogen-bond acceptors (Lipinski definition) is 8. The Morgan fingerprint density at radius 2 is 1.79 bits per heavy atom. The van der Waals surface area contributed by atoms with E-state index in [0.29, 0.717) is 15.1 Å². The van der Waals surface area contributed by atoms with Gasteiger partial charge in [0.05, 0.1) is 20.5 Å². The van der Waals surface area contributed by atoms with Crippen molar-refractivity contribution in [3.05, 3.63) is 103 Å². The highest BCUT2D eigenvalue weighted by molar-refractivity contribution is 7.87. The third kappa shape index (κ3) is 3.83. The number of non-ortho nitro benzene ring substituents is 1. The lowest BCUT2D eigenvalue weighted by atomic mass is 10.2. The average Bonchev–Trinajstić information content (AvgIpc) is 3.31. The van der Waals surface area contributed by atoms with E-state index >= 15 is 0 Å². The largest absolute Gasteiger partial charge is 0.379 e. The minimum Gasteiger partial charge on any atom is -0.379 e. The molecule has 0 aliphatic rings. The van der Waals surface area contributed by atoms with Gasteiger partial charge in [-0.1, -0.05) is 41.7 Å². The van der Waals surface area contributed by atoms with E-state index in [1.165, 1.54) is 41.7 Å². The van der Waals surface area contributed by atoms with Crippen molar-refractivity contribution < 1.29 is 17.5 Å². The van der Waals surface area contributed by atoms with Crippen molar-refractivity contribution in [3.8, 4) is 5.75 Å². The highest BCUT2D eigenvalue weighted by Gasteiger charge is 2.20. The third-order valence-corrected chi connectivity index (χ3v) is 7.06. The SMILES string of the molecule is O=c1c(=Cc2ccc(OS(=O)(=O)c3cccc([N+](=O)[O-])c3)cc2)sc2nc3ccccc3n12. The minimum absolute atomic E-state index is 0.0352. The van der Waals surface area contributed by atoms with E-state index in [9.17, 15) is 23.3 Å². The van der Waals surface area contributed by atoms with Crippen LogP contribution in [0.2, 0.25) is 0 Å². The molecule has 33 heavy (non-hydrogen) atoms. The fourth-order valence-corrected chi connectivity index (χ4v) is 5.27. The number of nitro benzene ring substituents is 1. The van der Waals surface area contributed by atoms with Gasteiger partial charge in [0.15, 0.2) is 4.96 Å². The smallest absolute Gasteiger partial charge is 0.339 e. The summed E-state index contributed by atoms with van der Waals surface area (Å²) in [7, 11) is -4.25. The Labute approximate surface area is 190 Å². The molecule has 0 spiro atoms. The Bertz CT molecular complexity index is 1760. The second-order valence-corrected chi connectivity index (χ2v) is 9.55. The molecule has 0 amide bonds. The lowest BCUT2D eigenvalue weighted by Gasteiger charge is -2.07. The lowest BCUT2D eigenvalue weighted by molar-refractivity contribution is -0.385. The van der Waals surface area contributed by atoms with Crippen LogP contribution in [0.1, 0.15) is 5.56 Å². The Morgan fingerprint density at radius 1 is 1.03 bits per heavy atom. The molecule has 0 N–H and O–H groups in total. The fourth-order valence-electron chi connectivity index (χ4n) is 3.31. The molecule has 0 fully saturated rings. The molecule has 0 radical (unpaired) electrons. The number of thiazole rings is 1. The van der Waals surface area contributed by atoms with E-state index in [0.717, 1.165) is 17.1 Å². The van der Waals surface area contributed by atoms with Gasteiger partial charge in [-0.3, -0.25) is 14.9 Å². The van der Waals surface area contributed by atoms with E-state index in [-0.39, 0.29) is 21.9 Å². The van der Waals surface area contributed by atoms with Gasteiger partial charge in [0.1, 0.15) is 10.6 Å². The van der Waals surface area contributed by atoms with E-state index in [1.54, 1.807) is 22.6 Å². The molecule has 11 heteroatoms. The zero-order valence-electron chi connectivity index (χ0n) is 16.6. The first-order valence-corrected chi connectivity index (χ1v) is 11.7. The second kappa shape index (κ2) is 7.80. The molecule has 0 unspecified atom stereocenters. The summed E-state index contributed by atoms with van der Waals surface area (Å²) in [6, 6.07) is 18.1. The van der Waals surface area contributed by atoms with Gasteiger partial charge in [-0.2, -0.15) is 8.42 Å². The summed E-state index contributed by atoms with van der Waals surface area (Å²) in [4.78, 5) is 27.8. The molecule has 0 aliphatic carbocycles. The quantitative estimate of drug-likeness (QED) is 0.216. The van der Waals surface area contributed by atoms with Crippen LogP contribution in [0, 0.1) is 10.1 Å². The number of nitrogens with zero attached hydrogens (tertiary/aromatic N) is 3. The highest BCUT2D eigenvalue weighted by atomic mass is 32.2. The average molecular weight is 479 g/mol. The van der Waals surface area contributed by atoms with Crippen LogP contribution in [-0.4, -0.2) is 22.7 Å². The highest BCUT2D eigenvalue weighted by Crippen LogP contribution is 2.23. The number of para-hydroxylation sites is 2. The molecule has 0 bridgehead atoms. The van der Waals surface area contributed by atoms with Crippen molar-refractivity contribution in [2.45, 2.75) is 4.90 Å². The van der Waals surface area contributed by atoms with Crippen molar-refractivity contribution in [1.82, 2.24) is 9.38 Å². The number of aromatic nitrogens is 2. The third-order valence-electron chi connectivity index (χ3n) is 4.85. The maximum atomic E-state index is 12.8. The first-order chi connectivity index (χ1) is 15.8. The number of imidazole rings is 1. The standard InChI is InChI=1S/C22H13N3O6S2/c26-21-20(32-22-23-18-6-1-2-7-19(18)24(21)22)12-14-8-10-16(11-9-14)31-33(29,30)17-5-3-4-15(13-17)25(27)28/h1-13H. The molecule has 0 saturated carbocycles. The topological polar surface area (TPSA) is 121 Å². The number of nitro groups is 1. The summed E-state index contributed by atoms with van der Waals surface area (Å²) >= 11 is 1.26. The van der Waals surface area contributed by atoms with Crippen LogP contribution in [0.4, 0.5) is 5.69 Å². The van der Waals surface area contributed by atoms with Crippen LogP contribution in [0.3, 0.4) is 0 Å².